The molecule has 0 amide bonds. The van der Waals surface area contributed by atoms with Crippen molar-refractivity contribution in [3.05, 3.63) is 23.5 Å². The Morgan fingerprint density at radius 2 is 2.21 bits per heavy atom. The number of nitrogens with zero attached hydrogens (tertiary/aromatic N) is 1. The number of aromatic nitrogens is 1. The first-order valence-electron chi connectivity index (χ1n) is 5.12. The topological polar surface area (TPSA) is 28.1 Å². The zero-order valence-corrected chi connectivity index (χ0v) is 8.91. The predicted molar refractivity (Wildman–Crippen MR) is 61.2 cm³/mol. The molecular weight excluding hydrogens is 172 g/mol. The highest BCUT2D eigenvalue weighted by Crippen LogP contribution is 2.27. The second-order valence-corrected chi connectivity index (χ2v) is 4.17. The zero-order valence-electron chi connectivity index (χ0n) is 8.91. The van der Waals surface area contributed by atoms with Gasteiger partial charge in [0.15, 0.2) is 0 Å². The Labute approximate surface area is 84.8 Å². The van der Waals surface area contributed by atoms with Gasteiger partial charge in [-0.15, -0.1) is 0 Å². The van der Waals surface area contributed by atoms with E-state index >= 15 is 0 Å². The molecule has 2 heteroatoms. The fraction of sp³-hybridized carbons (Fsp3) is 0.417. The van der Waals surface area contributed by atoms with Gasteiger partial charge in [0, 0.05) is 17.8 Å². The number of aliphatic imine (C=N–C) groups is 1. The molecule has 14 heavy (non-hydrogen) atoms. The summed E-state index contributed by atoms with van der Waals surface area (Å²) in [6.07, 6.45) is 6.27. The molecule has 1 unspecified atom stereocenters. The van der Waals surface area contributed by atoms with E-state index in [4.69, 9.17) is 0 Å². The van der Waals surface area contributed by atoms with Crippen LogP contribution >= 0.6 is 0 Å². The standard InChI is InChI=1S/C12H16N2/c1-8(2)11-6-12-10(14-11)5-4-9(3)7-13-12/h4-9,14H,1-3H3. The van der Waals surface area contributed by atoms with Crippen LogP contribution in [-0.4, -0.2) is 11.2 Å². The van der Waals surface area contributed by atoms with E-state index in [1.165, 1.54) is 5.69 Å². The van der Waals surface area contributed by atoms with E-state index in [9.17, 15) is 0 Å². The van der Waals surface area contributed by atoms with Crippen LogP contribution in [0.3, 0.4) is 0 Å². The van der Waals surface area contributed by atoms with Crippen molar-refractivity contribution in [3.8, 4) is 0 Å². The Balaban J connectivity index is 2.41. The van der Waals surface area contributed by atoms with Gasteiger partial charge in [-0.25, -0.2) is 0 Å². The Hall–Kier alpha value is -1.31. The number of rotatable bonds is 1. The molecule has 0 aliphatic carbocycles. The van der Waals surface area contributed by atoms with Gasteiger partial charge in [0.1, 0.15) is 0 Å². The van der Waals surface area contributed by atoms with Crippen molar-refractivity contribution in [3.63, 3.8) is 0 Å². The van der Waals surface area contributed by atoms with Crippen molar-refractivity contribution >= 4 is 18.0 Å². The average Bonchev–Trinajstić information content (AvgIpc) is 2.48. The van der Waals surface area contributed by atoms with Gasteiger partial charge in [0.05, 0.1) is 11.4 Å². The highest BCUT2D eigenvalue weighted by Gasteiger charge is 2.09. The van der Waals surface area contributed by atoms with Crippen LogP contribution in [0.5, 0.6) is 0 Å². The van der Waals surface area contributed by atoms with E-state index < -0.39 is 0 Å². The van der Waals surface area contributed by atoms with Crippen molar-refractivity contribution in [1.82, 2.24) is 4.98 Å². The van der Waals surface area contributed by atoms with E-state index in [1.54, 1.807) is 0 Å². The molecule has 1 aromatic heterocycles. The van der Waals surface area contributed by atoms with Crippen LogP contribution in [0.2, 0.25) is 0 Å². The Bertz CT molecular complexity index is 352. The van der Waals surface area contributed by atoms with Crippen LogP contribution < -0.4 is 0 Å². The molecule has 2 nitrogen and oxygen atoms in total. The third-order valence-electron chi connectivity index (χ3n) is 2.48. The SMILES string of the molecule is CC1C=Cc2[nH]c(C(C)C)cc2N=C1. The molecule has 0 bridgehead atoms. The Morgan fingerprint density at radius 1 is 1.43 bits per heavy atom. The van der Waals surface area contributed by atoms with Gasteiger partial charge in [-0.3, -0.25) is 4.99 Å². The molecule has 2 heterocycles. The van der Waals surface area contributed by atoms with E-state index in [2.05, 4.69) is 49.0 Å². The molecule has 0 saturated carbocycles. The van der Waals surface area contributed by atoms with Gasteiger partial charge in [0.2, 0.25) is 0 Å². The number of hydrogen-bond donors (Lipinski definition) is 1. The second kappa shape index (κ2) is 3.45. The number of H-pyrrole nitrogens is 1. The number of hydrogen-bond acceptors (Lipinski definition) is 1. The van der Waals surface area contributed by atoms with Crippen LogP contribution in [0.25, 0.3) is 6.08 Å². The lowest BCUT2D eigenvalue weighted by molar-refractivity contribution is 0.831. The minimum Gasteiger partial charge on any atom is -0.357 e. The molecule has 1 aliphatic rings. The van der Waals surface area contributed by atoms with Crippen LogP contribution in [0, 0.1) is 5.92 Å². The molecule has 0 fully saturated rings. The van der Waals surface area contributed by atoms with Gasteiger partial charge < -0.3 is 4.98 Å². The Morgan fingerprint density at radius 3 is 2.93 bits per heavy atom. The quantitative estimate of drug-likeness (QED) is 0.698. The lowest BCUT2D eigenvalue weighted by atomic mass is 10.1. The van der Waals surface area contributed by atoms with Gasteiger partial charge in [0.25, 0.3) is 0 Å². The van der Waals surface area contributed by atoms with E-state index in [0.717, 1.165) is 11.4 Å². The van der Waals surface area contributed by atoms with E-state index in [0.29, 0.717) is 11.8 Å². The third kappa shape index (κ3) is 1.65. The number of fused-ring (bicyclic) bond motifs is 1. The molecule has 0 saturated heterocycles. The molecule has 1 aliphatic heterocycles. The Kier molecular flexibility index (Phi) is 2.28. The molecule has 1 aromatic rings. The minimum absolute atomic E-state index is 0.429. The lowest BCUT2D eigenvalue weighted by Gasteiger charge is -1.98. The molecule has 2 rings (SSSR count). The number of aromatic amines is 1. The van der Waals surface area contributed by atoms with Crippen LogP contribution in [0.1, 0.15) is 38.1 Å². The second-order valence-electron chi connectivity index (χ2n) is 4.17. The monoisotopic (exact) mass is 188 g/mol. The highest BCUT2D eigenvalue weighted by atomic mass is 14.8. The van der Waals surface area contributed by atoms with Crippen molar-refractivity contribution < 1.29 is 0 Å². The van der Waals surface area contributed by atoms with Crippen LogP contribution in [0.15, 0.2) is 17.1 Å². The molecule has 0 radical (unpaired) electrons. The molecular formula is C12H16N2. The minimum atomic E-state index is 0.429. The van der Waals surface area contributed by atoms with Crippen molar-refractivity contribution in [2.75, 3.05) is 0 Å². The summed E-state index contributed by atoms with van der Waals surface area (Å²) in [5.74, 6) is 0.959. The molecule has 1 N–H and O–H groups in total. The fourth-order valence-corrected chi connectivity index (χ4v) is 1.52. The summed E-state index contributed by atoms with van der Waals surface area (Å²) in [6.45, 7) is 6.50. The summed E-state index contributed by atoms with van der Waals surface area (Å²) in [5.41, 5.74) is 3.45. The van der Waals surface area contributed by atoms with Gasteiger partial charge in [-0.2, -0.15) is 0 Å². The first-order valence-corrected chi connectivity index (χ1v) is 5.12. The smallest absolute Gasteiger partial charge is 0.0877 e. The molecule has 0 spiro atoms. The van der Waals surface area contributed by atoms with Crippen molar-refractivity contribution in [2.24, 2.45) is 10.9 Å². The van der Waals surface area contributed by atoms with Crippen molar-refractivity contribution in [1.29, 1.82) is 0 Å². The maximum atomic E-state index is 4.45. The molecule has 74 valence electrons. The number of allylic oxidation sites excluding steroid dienone is 1. The summed E-state index contributed by atoms with van der Waals surface area (Å²) in [5, 5.41) is 0. The highest BCUT2D eigenvalue weighted by molar-refractivity contribution is 5.76. The fourth-order valence-electron chi connectivity index (χ4n) is 1.52. The average molecular weight is 188 g/mol. The first-order chi connectivity index (χ1) is 6.66. The number of nitrogens with one attached hydrogen (secondary N) is 1. The van der Waals surface area contributed by atoms with Crippen LogP contribution in [0.4, 0.5) is 5.69 Å². The summed E-state index contributed by atoms with van der Waals surface area (Å²) in [4.78, 5) is 7.85. The maximum absolute atomic E-state index is 4.45. The van der Waals surface area contributed by atoms with Crippen LogP contribution in [-0.2, 0) is 0 Å². The first kappa shape index (κ1) is 9.25. The van der Waals surface area contributed by atoms with Crippen molar-refractivity contribution in [2.45, 2.75) is 26.7 Å². The maximum Gasteiger partial charge on any atom is 0.0877 e. The van der Waals surface area contributed by atoms with Gasteiger partial charge >= 0.3 is 0 Å². The summed E-state index contributed by atoms with van der Waals surface area (Å²) >= 11 is 0. The summed E-state index contributed by atoms with van der Waals surface area (Å²) in [7, 11) is 0. The normalized spacial score (nSPS) is 19.9. The molecule has 1 atom stereocenters. The van der Waals surface area contributed by atoms with Gasteiger partial charge in [-0.1, -0.05) is 26.8 Å². The predicted octanol–water partition coefficient (Wildman–Crippen LogP) is 3.50. The zero-order chi connectivity index (χ0) is 10.1. The van der Waals surface area contributed by atoms with E-state index in [-0.39, 0.29) is 0 Å². The largest absolute Gasteiger partial charge is 0.357 e. The van der Waals surface area contributed by atoms with E-state index in [1.807, 2.05) is 6.21 Å². The third-order valence-corrected chi connectivity index (χ3v) is 2.48. The lowest BCUT2D eigenvalue weighted by Crippen LogP contribution is -1.88. The van der Waals surface area contributed by atoms with Gasteiger partial charge in [-0.05, 0) is 18.1 Å². The summed E-state index contributed by atoms with van der Waals surface area (Å²) < 4.78 is 0. The summed E-state index contributed by atoms with van der Waals surface area (Å²) in [6, 6.07) is 2.14. The molecule has 0 aromatic carbocycles.